The van der Waals surface area contributed by atoms with Gasteiger partial charge in [0.1, 0.15) is 16.9 Å². The molecule has 168 valence electrons. The second kappa shape index (κ2) is 7.74. The van der Waals surface area contributed by atoms with E-state index in [4.69, 9.17) is 0 Å². The molecule has 11 heteroatoms. The first-order valence-electron chi connectivity index (χ1n) is 10.4. The Bertz CT molecular complexity index is 1120. The third kappa shape index (κ3) is 3.12. The number of β-lactam (4-membered cyclic amide) rings is 1. The van der Waals surface area contributed by atoms with Gasteiger partial charge < -0.3 is 10.0 Å². The average Bonchev–Trinajstić information content (AvgIpc) is 3.26. The molecule has 2 aromatic rings. The quantitative estimate of drug-likeness (QED) is 0.373. The smallest absolute Gasteiger partial charge is 0.352 e. The second-order valence-electron chi connectivity index (χ2n) is 7.99. The van der Waals surface area contributed by atoms with Crippen LogP contribution in [0.4, 0.5) is 11.5 Å². The van der Waals surface area contributed by atoms with E-state index in [2.05, 4.69) is 15.2 Å². The van der Waals surface area contributed by atoms with Crippen LogP contribution in [-0.2, 0) is 21.5 Å². The largest absolute Gasteiger partial charge is 0.477 e. The SMILES string of the molecule is CCN(CC)c1c(C)nnn1C1(Cc2ccc([N+](=O)[O-])cc2)C=C(C(=O)O)N2C(=O)C[C@H]21. The molecule has 11 nitrogen and oxygen atoms in total. The van der Waals surface area contributed by atoms with Crippen LogP contribution in [0, 0.1) is 17.0 Å². The van der Waals surface area contributed by atoms with E-state index in [-0.39, 0.29) is 23.7 Å². The highest BCUT2D eigenvalue weighted by atomic mass is 16.6. The zero-order valence-corrected chi connectivity index (χ0v) is 18.1. The van der Waals surface area contributed by atoms with Crippen LogP contribution in [-0.4, -0.2) is 60.9 Å². The number of aryl methyl sites for hydroxylation is 1. The fourth-order valence-corrected chi connectivity index (χ4v) is 4.71. The number of anilines is 1. The Hall–Kier alpha value is -3.76. The van der Waals surface area contributed by atoms with Gasteiger partial charge in [0.2, 0.25) is 5.91 Å². The van der Waals surface area contributed by atoms with Crippen molar-refractivity contribution in [3.63, 3.8) is 0 Å². The number of carboxylic acids is 1. The first kappa shape index (κ1) is 21.5. The number of fused-ring (bicyclic) bond motifs is 1. The van der Waals surface area contributed by atoms with E-state index >= 15 is 0 Å². The molecule has 32 heavy (non-hydrogen) atoms. The molecule has 1 aromatic heterocycles. The van der Waals surface area contributed by atoms with Crippen LogP contribution < -0.4 is 4.90 Å². The summed E-state index contributed by atoms with van der Waals surface area (Å²) in [4.78, 5) is 38.3. The predicted octanol–water partition coefficient (Wildman–Crippen LogP) is 1.86. The standard InChI is InChI=1S/C21H24N6O5/c1-4-24(5-2)19-13(3)22-23-26(19)21(11-14-6-8-15(9-7-14)27(31)32)12-16(20(29)30)25-17(21)10-18(25)28/h6-9,12,17H,4-5,10-11H2,1-3H3,(H,29,30)/t17-,21?/m0/s1. The minimum Gasteiger partial charge on any atom is -0.477 e. The van der Waals surface area contributed by atoms with Crippen LogP contribution in [0.5, 0.6) is 0 Å². The fourth-order valence-electron chi connectivity index (χ4n) is 4.71. The number of hydrogen-bond acceptors (Lipinski definition) is 7. The summed E-state index contributed by atoms with van der Waals surface area (Å²) < 4.78 is 1.73. The van der Waals surface area contributed by atoms with Crippen molar-refractivity contribution in [3.05, 3.63) is 57.4 Å². The molecule has 1 amide bonds. The van der Waals surface area contributed by atoms with Gasteiger partial charge in [-0.2, -0.15) is 0 Å². The van der Waals surface area contributed by atoms with Crippen molar-refractivity contribution < 1.29 is 19.6 Å². The number of amides is 1. The highest BCUT2D eigenvalue weighted by Gasteiger charge is 2.60. The predicted molar refractivity (Wildman–Crippen MR) is 114 cm³/mol. The Morgan fingerprint density at radius 1 is 1.31 bits per heavy atom. The lowest BCUT2D eigenvalue weighted by Crippen LogP contribution is -2.60. The summed E-state index contributed by atoms with van der Waals surface area (Å²) in [5, 5.41) is 29.5. The number of hydrogen-bond donors (Lipinski definition) is 1. The summed E-state index contributed by atoms with van der Waals surface area (Å²) in [7, 11) is 0. The average molecular weight is 440 g/mol. The molecule has 0 spiro atoms. The van der Waals surface area contributed by atoms with E-state index in [1.165, 1.54) is 17.0 Å². The number of carbonyl (C=O) groups is 2. The van der Waals surface area contributed by atoms with E-state index in [0.717, 1.165) is 11.4 Å². The van der Waals surface area contributed by atoms with Crippen molar-refractivity contribution in [2.45, 2.75) is 45.2 Å². The number of benzene rings is 1. The van der Waals surface area contributed by atoms with Crippen molar-refractivity contribution in [2.75, 3.05) is 18.0 Å². The number of nitro benzene ring substituents is 1. The fraction of sp³-hybridized carbons (Fsp3) is 0.429. The van der Waals surface area contributed by atoms with E-state index in [1.54, 1.807) is 22.9 Å². The summed E-state index contributed by atoms with van der Waals surface area (Å²) in [6, 6.07) is 5.70. The molecule has 2 aliphatic rings. The maximum absolute atomic E-state index is 12.3. The Morgan fingerprint density at radius 2 is 1.97 bits per heavy atom. The van der Waals surface area contributed by atoms with Gasteiger partial charge >= 0.3 is 5.97 Å². The number of aromatic nitrogens is 3. The number of aliphatic carboxylic acids is 1. The van der Waals surface area contributed by atoms with Crippen molar-refractivity contribution in [1.29, 1.82) is 0 Å². The molecule has 1 saturated heterocycles. The Labute approximate surface area is 184 Å². The maximum atomic E-state index is 12.3. The molecule has 1 fully saturated rings. The van der Waals surface area contributed by atoms with E-state index < -0.39 is 22.5 Å². The molecule has 0 aliphatic carbocycles. The number of nitrogens with zero attached hydrogens (tertiary/aromatic N) is 6. The topological polar surface area (TPSA) is 135 Å². The van der Waals surface area contributed by atoms with Gasteiger partial charge in [0.15, 0.2) is 5.82 Å². The number of carboxylic acid groups (broad SMARTS) is 1. The van der Waals surface area contributed by atoms with Gasteiger partial charge in [-0.05, 0) is 32.4 Å². The van der Waals surface area contributed by atoms with Crippen LogP contribution in [0.15, 0.2) is 36.0 Å². The van der Waals surface area contributed by atoms with Crippen LogP contribution in [0.1, 0.15) is 31.5 Å². The molecule has 2 aliphatic heterocycles. The lowest BCUT2D eigenvalue weighted by atomic mass is 9.80. The van der Waals surface area contributed by atoms with E-state index in [0.29, 0.717) is 25.2 Å². The summed E-state index contributed by atoms with van der Waals surface area (Å²) in [5.41, 5.74) is 0.364. The third-order valence-electron chi connectivity index (χ3n) is 6.29. The summed E-state index contributed by atoms with van der Waals surface area (Å²) >= 11 is 0. The van der Waals surface area contributed by atoms with Gasteiger partial charge in [0.05, 0.1) is 17.4 Å². The highest BCUT2D eigenvalue weighted by Crippen LogP contribution is 2.48. The molecule has 1 unspecified atom stereocenters. The van der Waals surface area contributed by atoms with Gasteiger partial charge in [-0.1, -0.05) is 17.3 Å². The summed E-state index contributed by atoms with van der Waals surface area (Å²) in [5.74, 6) is -0.676. The zero-order chi connectivity index (χ0) is 23.2. The number of carbonyl (C=O) groups excluding carboxylic acids is 1. The first-order chi connectivity index (χ1) is 15.2. The van der Waals surface area contributed by atoms with Gasteiger partial charge in [-0.15, -0.1) is 5.10 Å². The molecule has 1 aromatic carbocycles. The lowest BCUT2D eigenvalue weighted by molar-refractivity contribution is -0.384. The molecule has 0 saturated carbocycles. The Kier molecular flexibility index (Phi) is 5.19. The molecule has 2 atom stereocenters. The Morgan fingerprint density at radius 3 is 2.47 bits per heavy atom. The Balaban J connectivity index is 1.89. The van der Waals surface area contributed by atoms with Crippen LogP contribution in [0.3, 0.4) is 0 Å². The minimum atomic E-state index is -1.19. The minimum absolute atomic E-state index is 0.0307. The van der Waals surface area contributed by atoms with Crippen LogP contribution in [0.2, 0.25) is 0 Å². The van der Waals surface area contributed by atoms with Gasteiger partial charge in [0, 0.05) is 31.6 Å². The molecular formula is C21H24N6O5. The van der Waals surface area contributed by atoms with Crippen molar-refractivity contribution >= 4 is 23.4 Å². The zero-order valence-electron chi connectivity index (χ0n) is 18.1. The van der Waals surface area contributed by atoms with Gasteiger partial charge in [-0.3, -0.25) is 19.8 Å². The normalized spacial score (nSPS) is 21.7. The maximum Gasteiger partial charge on any atom is 0.352 e. The van der Waals surface area contributed by atoms with Gasteiger partial charge in [-0.25, -0.2) is 9.48 Å². The molecule has 0 bridgehead atoms. The summed E-state index contributed by atoms with van der Waals surface area (Å²) in [6.07, 6.45) is 2.07. The first-order valence-corrected chi connectivity index (χ1v) is 10.4. The second-order valence-corrected chi connectivity index (χ2v) is 7.99. The summed E-state index contributed by atoms with van der Waals surface area (Å²) in [6.45, 7) is 7.25. The van der Waals surface area contributed by atoms with Crippen molar-refractivity contribution in [2.24, 2.45) is 0 Å². The van der Waals surface area contributed by atoms with Crippen molar-refractivity contribution in [3.8, 4) is 0 Å². The third-order valence-corrected chi connectivity index (χ3v) is 6.29. The number of rotatable bonds is 8. The van der Waals surface area contributed by atoms with Crippen LogP contribution in [0.25, 0.3) is 0 Å². The van der Waals surface area contributed by atoms with E-state index in [1.807, 2.05) is 20.8 Å². The molecule has 3 heterocycles. The molecule has 1 N–H and O–H groups in total. The van der Waals surface area contributed by atoms with Gasteiger partial charge in [0.25, 0.3) is 5.69 Å². The molecular weight excluding hydrogens is 416 g/mol. The number of non-ortho nitro benzene ring substituents is 1. The van der Waals surface area contributed by atoms with Crippen molar-refractivity contribution in [1.82, 2.24) is 19.9 Å². The van der Waals surface area contributed by atoms with Crippen LogP contribution >= 0.6 is 0 Å². The number of nitro groups is 1. The van der Waals surface area contributed by atoms with E-state index in [9.17, 15) is 24.8 Å². The monoisotopic (exact) mass is 440 g/mol. The molecule has 4 rings (SSSR count). The highest BCUT2D eigenvalue weighted by molar-refractivity contribution is 5.98. The molecule has 0 radical (unpaired) electrons. The lowest BCUT2D eigenvalue weighted by Gasteiger charge is -2.45.